The fourth-order valence-corrected chi connectivity index (χ4v) is 2.30. The van der Waals surface area contributed by atoms with Gasteiger partial charge in [0, 0.05) is 12.2 Å². The van der Waals surface area contributed by atoms with Gasteiger partial charge >= 0.3 is 0 Å². The van der Waals surface area contributed by atoms with E-state index in [0.717, 1.165) is 24.4 Å². The Balaban J connectivity index is 2.19. The molecular formula is C18H24N2O. The second-order valence-electron chi connectivity index (χ2n) is 5.02. The highest BCUT2D eigenvalue weighted by Crippen LogP contribution is 2.23. The average Bonchev–Trinajstić information content (AvgIpc) is 2.54. The first-order chi connectivity index (χ1) is 10.2. The van der Waals surface area contributed by atoms with Gasteiger partial charge in [0.1, 0.15) is 5.75 Å². The predicted molar refractivity (Wildman–Crippen MR) is 88.5 cm³/mol. The van der Waals surface area contributed by atoms with Crippen LogP contribution in [-0.4, -0.2) is 12.8 Å². The summed E-state index contributed by atoms with van der Waals surface area (Å²) in [6, 6.07) is 18.6. The molecule has 0 aliphatic carbocycles. The molecule has 21 heavy (non-hydrogen) atoms. The van der Waals surface area contributed by atoms with Gasteiger partial charge in [-0.05, 0) is 43.2 Å². The van der Waals surface area contributed by atoms with Gasteiger partial charge in [-0.2, -0.15) is 0 Å². The zero-order chi connectivity index (χ0) is 15.1. The van der Waals surface area contributed by atoms with Gasteiger partial charge in [-0.15, -0.1) is 0 Å². The van der Waals surface area contributed by atoms with E-state index in [-0.39, 0.29) is 6.17 Å². The third-order valence-corrected chi connectivity index (χ3v) is 3.49. The number of rotatable bonds is 7. The molecule has 0 fully saturated rings. The normalized spacial score (nSPS) is 12.0. The highest BCUT2D eigenvalue weighted by molar-refractivity contribution is 5.50. The molecule has 0 heterocycles. The lowest BCUT2D eigenvalue weighted by atomic mass is 10.1. The van der Waals surface area contributed by atoms with E-state index in [0.29, 0.717) is 6.61 Å². The fraction of sp³-hybridized carbons (Fsp3) is 0.333. The summed E-state index contributed by atoms with van der Waals surface area (Å²) < 4.78 is 5.50. The van der Waals surface area contributed by atoms with Crippen molar-refractivity contribution in [1.29, 1.82) is 0 Å². The Kier molecular flexibility index (Phi) is 5.64. The maximum absolute atomic E-state index is 6.29. The van der Waals surface area contributed by atoms with Crippen molar-refractivity contribution in [2.45, 2.75) is 33.0 Å². The Labute approximate surface area is 127 Å². The van der Waals surface area contributed by atoms with Crippen molar-refractivity contribution in [1.82, 2.24) is 0 Å². The van der Waals surface area contributed by atoms with E-state index in [9.17, 15) is 0 Å². The van der Waals surface area contributed by atoms with Crippen LogP contribution in [0.2, 0.25) is 0 Å². The van der Waals surface area contributed by atoms with Gasteiger partial charge in [-0.1, -0.05) is 37.3 Å². The highest BCUT2D eigenvalue weighted by Gasteiger charge is 2.14. The first-order valence-electron chi connectivity index (χ1n) is 7.53. The number of hydrogen-bond donors (Lipinski definition) is 1. The van der Waals surface area contributed by atoms with Crippen LogP contribution >= 0.6 is 0 Å². The van der Waals surface area contributed by atoms with Gasteiger partial charge in [0.15, 0.2) is 0 Å². The maximum Gasteiger partial charge on any atom is 0.119 e. The van der Waals surface area contributed by atoms with E-state index >= 15 is 0 Å². The summed E-state index contributed by atoms with van der Waals surface area (Å²) in [5, 5.41) is 0. The summed E-state index contributed by atoms with van der Waals surface area (Å²) in [5.41, 5.74) is 8.67. The molecule has 2 aromatic carbocycles. The van der Waals surface area contributed by atoms with Crippen molar-refractivity contribution in [3.63, 3.8) is 0 Å². The van der Waals surface area contributed by atoms with E-state index in [4.69, 9.17) is 10.5 Å². The van der Waals surface area contributed by atoms with Gasteiger partial charge in [-0.3, -0.25) is 0 Å². The Morgan fingerprint density at radius 1 is 1.00 bits per heavy atom. The van der Waals surface area contributed by atoms with Crippen molar-refractivity contribution in [2.24, 2.45) is 5.73 Å². The van der Waals surface area contributed by atoms with Gasteiger partial charge in [0.05, 0.1) is 12.8 Å². The zero-order valence-electron chi connectivity index (χ0n) is 12.8. The highest BCUT2D eigenvalue weighted by atomic mass is 16.5. The molecular weight excluding hydrogens is 260 g/mol. The second-order valence-corrected chi connectivity index (χ2v) is 5.02. The van der Waals surface area contributed by atoms with Crippen LogP contribution in [0, 0.1) is 0 Å². The summed E-state index contributed by atoms with van der Waals surface area (Å²) in [4.78, 5) is 2.23. The van der Waals surface area contributed by atoms with E-state index < -0.39 is 0 Å². The molecule has 0 amide bonds. The molecule has 0 aliphatic heterocycles. The van der Waals surface area contributed by atoms with Crippen molar-refractivity contribution >= 4 is 5.69 Å². The molecule has 112 valence electrons. The molecule has 2 N–H and O–H groups in total. The predicted octanol–water partition coefficient (Wildman–Crippen LogP) is 3.79. The van der Waals surface area contributed by atoms with Crippen molar-refractivity contribution in [3.8, 4) is 5.75 Å². The molecule has 0 saturated carbocycles. The van der Waals surface area contributed by atoms with Crippen LogP contribution < -0.4 is 15.4 Å². The van der Waals surface area contributed by atoms with E-state index in [1.54, 1.807) is 0 Å². The molecule has 2 aromatic rings. The van der Waals surface area contributed by atoms with Crippen molar-refractivity contribution < 1.29 is 4.74 Å². The molecule has 1 atom stereocenters. The topological polar surface area (TPSA) is 38.5 Å². The Morgan fingerprint density at radius 3 is 2.24 bits per heavy atom. The number of anilines is 1. The van der Waals surface area contributed by atoms with E-state index in [2.05, 4.69) is 48.2 Å². The SMILES string of the molecule is CCOc1ccc(N(Cc2ccccc2)C(N)CC)cc1. The molecule has 3 nitrogen and oxygen atoms in total. The number of nitrogens with zero attached hydrogens (tertiary/aromatic N) is 1. The quantitative estimate of drug-likeness (QED) is 0.786. The van der Waals surface area contributed by atoms with Gasteiger partial charge in [-0.25, -0.2) is 0 Å². The minimum absolute atomic E-state index is 0.00292. The summed E-state index contributed by atoms with van der Waals surface area (Å²) in [7, 11) is 0. The molecule has 2 rings (SSSR count). The number of nitrogens with two attached hydrogens (primary N) is 1. The monoisotopic (exact) mass is 284 g/mol. The number of benzene rings is 2. The third-order valence-electron chi connectivity index (χ3n) is 3.49. The lowest BCUT2D eigenvalue weighted by Crippen LogP contribution is -2.41. The lowest BCUT2D eigenvalue weighted by Gasteiger charge is -2.30. The Morgan fingerprint density at radius 2 is 1.67 bits per heavy atom. The van der Waals surface area contributed by atoms with Crippen LogP contribution in [-0.2, 0) is 6.54 Å². The summed E-state index contributed by atoms with van der Waals surface area (Å²) in [5.74, 6) is 0.894. The van der Waals surface area contributed by atoms with Gasteiger partial charge in [0.2, 0.25) is 0 Å². The average molecular weight is 284 g/mol. The first-order valence-corrected chi connectivity index (χ1v) is 7.53. The fourth-order valence-electron chi connectivity index (χ4n) is 2.30. The molecule has 0 radical (unpaired) electrons. The molecule has 0 aromatic heterocycles. The van der Waals surface area contributed by atoms with Crippen LogP contribution in [0.3, 0.4) is 0 Å². The van der Waals surface area contributed by atoms with Crippen LogP contribution in [0.15, 0.2) is 54.6 Å². The smallest absolute Gasteiger partial charge is 0.119 e. The maximum atomic E-state index is 6.29. The van der Waals surface area contributed by atoms with E-state index in [1.807, 2.05) is 25.1 Å². The van der Waals surface area contributed by atoms with Crippen LogP contribution in [0.5, 0.6) is 5.75 Å². The standard InChI is InChI=1S/C18H24N2O/c1-3-18(19)20(14-15-8-6-5-7-9-15)16-10-12-17(13-11-16)21-4-2/h5-13,18H,3-4,14,19H2,1-2H3. The minimum atomic E-state index is 0.00292. The molecule has 3 heteroatoms. The second kappa shape index (κ2) is 7.70. The van der Waals surface area contributed by atoms with Crippen LogP contribution in [0.1, 0.15) is 25.8 Å². The van der Waals surface area contributed by atoms with Crippen LogP contribution in [0.4, 0.5) is 5.69 Å². The third kappa shape index (κ3) is 4.23. The Hall–Kier alpha value is -2.00. The molecule has 1 unspecified atom stereocenters. The Bertz CT molecular complexity index is 525. The number of hydrogen-bond acceptors (Lipinski definition) is 3. The summed E-state index contributed by atoms with van der Waals surface area (Å²) >= 11 is 0. The largest absolute Gasteiger partial charge is 0.494 e. The first kappa shape index (κ1) is 15.4. The molecule has 0 spiro atoms. The van der Waals surface area contributed by atoms with Crippen molar-refractivity contribution in [3.05, 3.63) is 60.2 Å². The van der Waals surface area contributed by atoms with Crippen molar-refractivity contribution in [2.75, 3.05) is 11.5 Å². The molecule has 0 saturated heterocycles. The van der Waals surface area contributed by atoms with Crippen LogP contribution in [0.25, 0.3) is 0 Å². The lowest BCUT2D eigenvalue weighted by molar-refractivity contribution is 0.340. The minimum Gasteiger partial charge on any atom is -0.494 e. The van der Waals surface area contributed by atoms with Gasteiger partial charge < -0.3 is 15.4 Å². The summed E-state index contributed by atoms with van der Waals surface area (Å²) in [6.07, 6.45) is 0.906. The zero-order valence-corrected chi connectivity index (χ0v) is 12.8. The molecule has 0 aliphatic rings. The van der Waals surface area contributed by atoms with Gasteiger partial charge in [0.25, 0.3) is 0 Å². The van der Waals surface area contributed by atoms with E-state index in [1.165, 1.54) is 5.56 Å². The summed E-state index contributed by atoms with van der Waals surface area (Å²) in [6.45, 7) is 5.59. The molecule has 0 bridgehead atoms. The number of ether oxygens (including phenoxy) is 1.